The number of nitro benzene ring substituents is 1. The second-order valence-electron chi connectivity index (χ2n) is 5.92. The van der Waals surface area contributed by atoms with Crippen molar-refractivity contribution in [3.63, 3.8) is 0 Å². The van der Waals surface area contributed by atoms with Crippen LogP contribution in [0.1, 0.15) is 24.5 Å². The van der Waals surface area contributed by atoms with Crippen LogP contribution in [0.5, 0.6) is 5.75 Å². The smallest absolute Gasteiger partial charge is 0.363 e. The van der Waals surface area contributed by atoms with Crippen LogP contribution >= 0.6 is 56.8 Å². The Morgan fingerprint density at radius 1 is 1.28 bits per heavy atom. The van der Waals surface area contributed by atoms with Crippen molar-refractivity contribution in [2.45, 2.75) is 13.3 Å². The number of carbonyl (C=O) groups excluding carboxylic acids is 1. The fourth-order valence-electron chi connectivity index (χ4n) is 2.48. The lowest BCUT2D eigenvalue weighted by molar-refractivity contribution is -0.384. The summed E-state index contributed by atoms with van der Waals surface area (Å²) < 4.78 is 12.8. The summed E-state index contributed by atoms with van der Waals surface area (Å²) in [7, 11) is 0. The monoisotopic (exact) mass is 638 g/mol. The molecule has 0 aliphatic carbocycles. The van der Waals surface area contributed by atoms with Gasteiger partial charge in [-0.2, -0.15) is 0 Å². The van der Waals surface area contributed by atoms with E-state index in [0.29, 0.717) is 12.2 Å². The van der Waals surface area contributed by atoms with Crippen LogP contribution < -0.4 is 4.74 Å². The summed E-state index contributed by atoms with van der Waals surface area (Å²) in [5, 5.41) is 11.1. The van der Waals surface area contributed by atoms with E-state index in [1.165, 1.54) is 18.2 Å². The van der Waals surface area contributed by atoms with Crippen molar-refractivity contribution in [1.82, 2.24) is 0 Å². The number of halogens is 3. The van der Waals surface area contributed by atoms with E-state index in [2.05, 4.69) is 50.2 Å². The van der Waals surface area contributed by atoms with E-state index >= 15 is 0 Å². The van der Waals surface area contributed by atoms with Crippen molar-refractivity contribution >= 4 is 80.4 Å². The number of ether oxygens (including phenoxy) is 2. The first-order chi connectivity index (χ1) is 13.8. The van der Waals surface area contributed by atoms with Crippen LogP contribution in [0.4, 0.5) is 5.69 Å². The van der Waals surface area contributed by atoms with Gasteiger partial charge in [0.2, 0.25) is 5.90 Å². The van der Waals surface area contributed by atoms with Gasteiger partial charge in [0.05, 0.1) is 18.7 Å². The molecule has 0 amide bonds. The van der Waals surface area contributed by atoms with Crippen molar-refractivity contribution in [3.8, 4) is 5.75 Å². The maximum Gasteiger partial charge on any atom is 0.363 e. The predicted octanol–water partition coefficient (Wildman–Crippen LogP) is 5.59. The molecule has 0 fully saturated rings. The predicted molar refractivity (Wildman–Crippen MR) is 126 cm³/mol. The lowest BCUT2D eigenvalue weighted by atomic mass is 10.2. The Morgan fingerprint density at radius 3 is 2.59 bits per heavy atom. The highest BCUT2D eigenvalue weighted by Gasteiger charge is 2.26. The van der Waals surface area contributed by atoms with Gasteiger partial charge < -0.3 is 9.47 Å². The molecule has 2 aromatic carbocycles. The van der Waals surface area contributed by atoms with Gasteiger partial charge in [0, 0.05) is 11.6 Å². The van der Waals surface area contributed by atoms with Crippen LogP contribution in [0.25, 0.3) is 6.08 Å². The minimum Gasteiger partial charge on any atom is -0.491 e. The fourth-order valence-corrected chi connectivity index (χ4v) is 4.80. The third kappa shape index (κ3) is 5.07. The Balaban J connectivity index is 1.93. The maximum atomic E-state index is 12.2. The molecule has 3 rings (SSSR count). The highest BCUT2D eigenvalue weighted by molar-refractivity contribution is 14.1. The Bertz CT molecular complexity index is 1050. The van der Waals surface area contributed by atoms with E-state index in [0.717, 1.165) is 24.9 Å². The molecule has 0 bridgehead atoms. The molecule has 10 heteroatoms. The van der Waals surface area contributed by atoms with Crippen LogP contribution in [-0.4, -0.2) is 23.4 Å². The van der Waals surface area contributed by atoms with E-state index in [1.807, 2.05) is 19.1 Å². The molecule has 1 heterocycles. The van der Waals surface area contributed by atoms with Gasteiger partial charge in [0.15, 0.2) is 5.70 Å². The van der Waals surface area contributed by atoms with Crippen molar-refractivity contribution in [3.05, 3.63) is 69.4 Å². The van der Waals surface area contributed by atoms with Crippen LogP contribution in [0.2, 0.25) is 5.02 Å². The number of aliphatic imine (C=N–C) groups is 1. The normalized spacial score (nSPS) is 14.7. The van der Waals surface area contributed by atoms with Crippen molar-refractivity contribution in [2.24, 2.45) is 4.99 Å². The SMILES string of the molecule is CCCOc1c(I)cc(/C=C2\N=C(c3ccc(Cl)c([N+](=O)[O-])c3)OC2=O)cc1I. The molecule has 29 heavy (non-hydrogen) atoms. The zero-order valence-corrected chi connectivity index (χ0v) is 20.0. The molecule has 0 aromatic heterocycles. The summed E-state index contributed by atoms with van der Waals surface area (Å²) in [6.45, 7) is 2.66. The molecule has 0 unspecified atom stereocenters. The molecule has 0 radical (unpaired) electrons. The molecule has 0 saturated heterocycles. The fraction of sp³-hybridized carbons (Fsp3) is 0.158. The number of carbonyl (C=O) groups is 1. The zero-order chi connectivity index (χ0) is 21.1. The second kappa shape index (κ2) is 9.39. The third-order valence-electron chi connectivity index (χ3n) is 3.78. The first-order valence-corrected chi connectivity index (χ1v) is 10.9. The number of hydrogen-bond donors (Lipinski definition) is 0. The zero-order valence-electron chi connectivity index (χ0n) is 14.9. The molecule has 1 aliphatic rings. The van der Waals surface area contributed by atoms with Gasteiger partial charge in [0.25, 0.3) is 5.69 Å². The lowest BCUT2D eigenvalue weighted by Crippen LogP contribution is -2.06. The summed E-state index contributed by atoms with van der Waals surface area (Å²) in [5.41, 5.74) is 0.880. The molecule has 1 aliphatic heterocycles. The van der Waals surface area contributed by atoms with Gasteiger partial charge in [-0.25, -0.2) is 9.79 Å². The van der Waals surface area contributed by atoms with Gasteiger partial charge >= 0.3 is 5.97 Å². The summed E-state index contributed by atoms with van der Waals surface area (Å²) in [6.07, 6.45) is 2.51. The van der Waals surface area contributed by atoms with Crippen LogP contribution in [0.3, 0.4) is 0 Å². The second-order valence-corrected chi connectivity index (χ2v) is 8.65. The molecule has 0 spiro atoms. The Morgan fingerprint density at radius 2 is 1.97 bits per heavy atom. The molecule has 0 atom stereocenters. The van der Waals surface area contributed by atoms with Crippen LogP contribution in [0.15, 0.2) is 41.0 Å². The van der Waals surface area contributed by atoms with Crippen molar-refractivity contribution in [2.75, 3.05) is 6.61 Å². The Hall–Kier alpha value is -1.73. The van der Waals surface area contributed by atoms with Crippen LogP contribution in [-0.2, 0) is 9.53 Å². The molecule has 0 N–H and O–H groups in total. The Labute approximate surface area is 198 Å². The molecule has 150 valence electrons. The molecular formula is C19H13ClI2N2O5. The van der Waals surface area contributed by atoms with E-state index in [4.69, 9.17) is 21.1 Å². The topological polar surface area (TPSA) is 91.0 Å². The number of hydrogen-bond acceptors (Lipinski definition) is 6. The number of benzene rings is 2. The van der Waals surface area contributed by atoms with Crippen molar-refractivity contribution < 1.29 is 19.2 Å². The average Bonchev–Trinajstić information content (AvgIpc) is 3.01. The number of esters is 1. The van der Waals surface area contributed by atoms with Gasteiger partial charge in [-0.3, -0.25) is 10.1 Å². The highest BCUT2D eigenvalue weighted by Crippen LogP contribution is 2.31. The summed E-state index contributed by atoms with van der Waals surface area (Å²) in [5.74, 6) is 0.170. The largest absolute Gasteiger partial charge is 0.491 e. The van der Waals surface area contributed by atoms with E-state index < -0.39 is 10.9 Å². The maximum absolute atomic E-state index is 12.2. The summed E-state index contributed by atoms with van der Waals surface area (Å²) in [6, 6.07) is 7.87. The van der Waals surface area contributed by atoms with E-state index in [9.17, 15) is 14.9 Å². The Kier molecular flexibility index (Phi) is 7.11. The lowest BCUT2D eigenvalue weighted by Gasteiger charge is -2.10. The third-order valence-corrected chi connectivity index (χ3v) is 5.71. The number of nitro groups is 1. The average molecular weight is 639 g/mol. The number of rotatable bonds is 6. The standard InChI is InChI=1S/C19H13ClI2N2O5/c1-2-5-28-17-13(21)6-10(7-14(17)22)8-15-19(25)29-18(23-15)11-3-4-12(20)16(9-11)24(26)27/h3-4,6-9H,2,5H2,1H3/b15-8-. The molecular weight excluding hydrogens is 625 g/mol. The number of nitrogens with zero attached hydrogens (tertiary/aromatic N) is 2. The quantitative estimate of drug-likeness (QED) is 0.135. The highest BCUT2D eigenvalue weighted by atomic mass is 127. The van der Waals surface area contributed by atoms with Gasteiger partial charge in [-0.15, -0.1) is 0 Å². The minimum absolute atomic E-state index is 0.00558. The van der Waals surface area contributed by atoms with Gasteiger partial charge in [0.1, 0.15) is 10.8 Å². The first-order valence-electron chi connectivity index (χ1n) is 8.39. The van der Waals surface area contributed by atoms with Gasteiger partial charge in [-0.05, 0) is 87.5 Å². The first kappa shape index (κ1) is 22.0. The molecule has 0 saturated carbocycles. The number of cyclic esters (lactones) is 1. The minimum atomic E-state index is -0.631. The summed E-state index contributed by atoms with van der Waals surface area (Å²) in [4.78, 5) is 26.9. The molecule has 2 aromatic rings. The van der Waals surface area contributed by atoms with E-state index in [-0.39, 0.29) is 22.3 Å². The van der Waals surface area contributed by atoms with Crippen LogP contribution in [0, 0.1) is 17.3 Å². The summed E-state index contributed by atoms with van der Waals surface area (Å²) >= 11 is 10.2. The van der Waals surface area contributed by atoms with E-state index in [1.54, 1.807) is 6.08 Å². The van der Waals surface area contributed by atoms with Gasteiger partial charge in [-0.1, -0.05) is 18.5 Å². The van der Waals surface area contributed by atoms with Crippen molar-refractivity contribution in [1.29, 1.82) is 0 Å². The molecule has 7 nitrogen and oxygen atoms in total.